The van der Waals surface area contributed by atoms with E-state index < -0.39 is 0 Å². The van der Waals surface area contributed by atoms with Crippen LogP contribution >= 0.6 is 11.6 Å². The molecule has 0 bridgehead atoms. The maximum absolute atomic E-state index is 5.68. The zero-order valence-corrected chi connectivity index (χ0v) is 9.07. The highest BCUT2D eigenvalue weighted by Gasteiger charge is 2.31. The second-order valence-electron chi connectivity index (χ2n) is 3.77. The van der Waals surface area contributed by atoms with Gasteiger partial charge in [0.1, 0.15) is 0 Å². The molecule has 5 heteroatoms. The summed E-state index contributed by atoms with van der Waals surface area (Å²) in [7, 11) is 2.02. The smallest absolute Gasteiger partial charge is 0.244 e. The summed E-state index contributed by atoms with van der Waals surface area (Å²) >= 11 is 5.68. The van der Waals surface area contributed by atoms with E-state index in [0.717, 1.165) is 11.7 Å². The predicted molar refractivity (Wildman–Crippen MR) is 55.4 cm³/mol. The van der Waals surface area contributed by atoms with E-state index in [1.165, 1.54) is 12.8 Å². The zero-order chi connectivity index (χ0) is 10.1. The molecule has 4 nitrogen and oxygen atoms in total. The molecule has 0 spiro atoms. The molecule has 0 saturated heterocycles. The Balaban J connectivity index is 2.13. The quantitative estimate of drug-likeness (QED) is 0.766. The van der Waals surface area contributed by atoms with Gasteiger partial charge < -0.3 is 4.90 Å². The molecule has 1 heterocycles. The second-order valence-corrected chi connectivity index (χ2v) is 4.11. The fraction of sp³-hybridized carbons (Fsp3) is 0.667. The molecule has 0 aromatic carbocycles. The summed E-state index contributed by atoms with van der Waals surface area (Å²) in [5.74, 6) is 1.60. The predicted octanol–water partition coefficient (Wildman–Crippen LogP) is 1.76. The Morgan fingerprint density at radius 3 is 2.86 bits per heavy atom. The third kappa shape index (κ3) is 1.95. The Morgan fingerprint density at radius 1 is 1.57 bits per heavy atom. The fourth-order valence-electron chi connectivity index (χ4n) is 1.55. The molecule has 1 saturated carbocycles. The molecule has 1 aliphatic carbocycles. The minimum Gasteiger partial charge on any atom is -0.355 e. The second kappa shape index (κ2) is 3.69. The lowest BCUT2D eigenvalue weighted by atomic mass is 10.2. The van der Waals surface area contributed by atoms with Gasteiger partial charge in [-0.2, -0.15) is 10.1 Å². The first-order valence-electron chi connectivity index (χ1n) is 4.76. The summed E-state index contributed by atoms with van der Waals surface area (Å²) < 4.78 is 0. The Labute approximate surface area is 88.3 Å². The van der Waals surface area contributed by atoms with Gasteiger partial charge >= 0.3 is 0 Å². The largest absolute Gasteiger partial charge is 0.355 e. The number of nitrogens with zero attached hydrogens (tertiary/aromatic N) is 4. The standard InChI is InChI=1S/C9H13ClN4/c1-6(7-3-4-7)14(2)8-5-11-13-9(10)12-8/h5-7H,3-4H2,1-2H3. The molecule has 0 N–H and O–H groups in total. The highest BCUT2D eigenvalue weighted by Crippen LogP contribution is 2.35. The highest BCUT2D eigenvalue weighted by atomic mass is 35.5. The van der Waals surface area contributed by atoms with E-state index in [4.69, 9.17) is 11.6 Å². The minimum absolute atomic E-state index is 0.206. The molecule has 1 aromatic heterocycles. The summed E-state index contributed by atoms with van der Waals surface area (Å²) in [5.41, 5.74) is 0. The van der Waals surface area contributed by atoms with E-state index in [2.05, 4.69) is 27.0 Å². The number of aromatic nitrogens is 3. The number of hydrogen-bond donors (Lipinski definition) is 0. The van der Waals surface area contributed by atoms with Gasteiger partial charge in [0.15, 0.2) is 5.82 Å². The molecule has 76 valence electrons. The van der Waals surface area contributed by atoms with E-state index in [-0.39, 0.29) is 5.28 Å². The highest BCUT2D eigenvalue weighted by molar-refractivity contribution is 6.28. The first-order valence-corrected chi connectivity index (χ1v) is 5.14. The topological polar surface area (TPSA) is 41.9 Å². The van der Waals surface area contributed by atoms with E-state index in [1.807, 2.05) is 7.05 Å². The number of anilines is 1. The molecule has 0 radical (unpaired) electrons. The Hall–Kier alpha value is -0.900. The van der Waals surface area contributed by atoms with Crippen LogP contribution in [0.25, 0.3) is 0 Å². The summed E-state index contributed by atoms with van der Waals surface area (Å²) in [4.78, 5) is 6.23. The van der Waals surface area contributed by atoms with E-state index in [0.29, 0.717) is 6.04 Å². The monoisotopic (exact) mass is 212 g/mol. The average Bonchev–Trinajstić information content (AvgIpc) is 2.99. The van der Waals surface area contributed by atoms with Gasteiger partial charge in [0, 0.05) is 13.1 Å². The van der Waals surface area contributed by atoms with Crippen molar-refractivity contribution in [2.45, 2.75) is 25.8 Å². The van der Waals surface area contributed by atoms with Crippen LogP contribution in [0.1, 0.15) is 19.8 Å². The van der Waals surface area contributed by atoms with Crippen molar-refractivity contribution in [3.05, 3.63) is 11.5 Å². The SMILES string of the molecule is CC(C1CC1)N(C)c1cnnc(Cl)n1. The van der Waals surface area contributed by atoms with Crippen molar-refractivity contribution < 1.29 is 0 Å². The van der Waals surface area contributed by atoms with E-state index in [9.17, 15) is 0 Å². The fourth-order valence-corrected chi connectivity index (χ4v) is 1.68. The van der Waals surface area contributed by atoms with Crippen LogP contribution in [0, 0.1) is 5.92 Å². The third-order valence-electron chi connectivity index (χ3n) is 2.80. The lowest BCUT2D eigenvalue weighted by molar-refractivity contribution is 0.601. The molecule has 1 aliphatic rings. The van der Waals surface area contributed by atoms with Crippen molar-refractivity contribution in [2.75, 3.05) is 11.9 Å². The number of hydrogen-bond acceptors (Lipinski definition) is 4. The first kappa shape index (κ1) is 9.65. The van der Waals surface area contributed by atoms with Gasteiger partial charge in [0.2, 0.25) is 5.28 Å². The summed E-state index contributed by atoms with van der Waals surface area (Å²) in [6, 6.07) is 0.503. The summed E-state index contributed by atoms with van der Waals surface area (Å²) in [6.45, 7) is 2.20. The molecular formula is C9H13ClN4. The van der Waals surface area contributed by atoms with Gasteiger partial charge in [-0.05, 0) is 37.3 Å². The van der Waals surface area contributed by atoms with Crippen LogP contribution in [-0.2, 0) is 0 Å². The molecule has 1 atom stereocenters. The van der Waals surface area contributed by atoms with Crippen LogP contribution in [0.15, 0.2) is 6.20 Å². The van der Waals surface area contributed by atoms with Gasteiger partial charge in [-0.15, -0.1) is 5.10 Å². The van der Waals surface area contributed by atoms with Crippen molar-refractivity contribution in [3.8, 4) is 0 Å². The summed E-state index contributed by atoms with van der Waals surface area (Å²) in [6.07, 6.45) is 4.28. The van der Waals surface area contributed by atoms with Gasteiger partial charge in [-0.3, -0.25) is 0 Å². The molecule has 1 aromatic rings. The van der Waals surface area contributed by atoms with Crippen LogP contribution in [0.2, 0.25) is 5.28 Å². The van der Waals surface area contributed by atoms with Crippen LogP contribution in [0.4, 0.5) is 5.82 Å². The molecule has 2 rings (SSSR count). The van der Waals surface area contributed by atoms with Crippen molar-refractivity contribution >= 4 is 17.4 Å². The molecule has 0 aliphatic heterocycles. The normalized spacial score (nSPS) is 17.9. The van der Waals surface area contributed by atoms with Crippen LogP contribution in [0.3, 0.4) is 0 Å². The van der Waals surface area contributed by atoms with Gasteiger partial charge in [-0.25, -0.2) is 0 Å². The van der Waals surface area contributed by atoms with Crippen LogP contribution in [-0.4, -0.2) is 28.3 Å². The summed E-state index contributed by atoms with van der Waals surface area (Å²) in [5, 5.41) is 7.61. The van der Waals surface area contributed by atoms with Crippen molar-refractivity contribution in [1.29, 1.82) is 0 Å². The van der Waals surface area contributed by atoms with Crippen LogP contribution < -0.4 is 4.90 Å². The maximum atomic E-state index is 5.68. The Morgan fingerprint density at radius 2 is 2.29 bits per heavy atom. The number of rotatable bonds is 3. The van der Waals surface area contributed by atoms with Crippen molar-refractivity contribution in [3.63, 3.8) is 0 Å². The Bertz CT molecular complexity index is 326. The Kier molecular flexibility index (Phi) is 2.54. The van der Waals surface area contributed by atoms with E-state index in [1.54, 1.807) is 6.20 Å². The van der Waals surface area contributed by atoms with Gasteiger partial charge in [0.25, 0.3) is 0 Å². The zero-order valence-electron chi connectivity index (χ0n) is 8.31. The molecule has 0 amide bonds. The molecule has 1 unspecified atom stereocenters. The van der Waals surface area contributed by atoms with Gasteiger partial charge in [0.05, 0.1) is 6.20 Å². The third-order valence-corrected chi connectivity index (χ3v) is 2.96. The molecule has 14 heavy (non-hydrogen) atoms. The lowest BCUT2D eigenvalue weighted by Gasteiger charge is -2.25. The molecular weight excluding hydrogens is 200 g/mol. The van der Waals surface area contributed by atoms with Gasteiger partial charge in [-0.1, -0.05) is 0 Å². The minimum atomic E-state index is 0.206. The van der Waals surface area contributed by atoms with Crippen molar-refractivity contribution in [2.24, 2.45) is 5.92 Å². The lowest BCUT2D eigenvalue weighted by Crippen LogP contribution is -2.31. The molecule has 1 fully saturated rings. The maximum Gasteiger partial charge on any atom is 0.244 e. The van der Waals surface area contributed by atoms with Crippen LogP contribution in [0.5, 0.6) is 0 Å². The van der Waals surface area contributed by atoms with Crippen molar-refractivity contribution in [1.82, 2.24) is 15.2 Å². The van der Waals surface area contributed by atoms with E-state index >= 15 is 0 Å². The first-order chi connectivity index (χ1) is 6.68. The average molecular weight is 213 g/mol. The number of halogens is 1.